The molecule has 0 aliphatic heterocycles. The van der Waals surface area contributed by atoms with Gasteiger partial charge in [-0.3, -0.25) is 0 Å². The quantitative estimate of drug-likeness (QED) is 0.189. The molecule has 0 spiro atoms. The smallest absolute Gasteiger partial charge is 0.878 e. The fourth-order valence-electron chi connectivity index (χ4n) is 0.293. The first-order chi connectivity index (χ1) is 4.22. The summed E-state index contributed by atoms with van der Waals surface area (Å²) in [6.07, 6.45) is 0.484. The Labute approximate surface area is 103 Å². The third-order valence-electron chi connectivity index (χ3n) is 0.774. The van der Waals surface area contributed by atoms with Crippen molar-refractivity contribution < 1.29 is 66.0 Å². The van der Waals surface area contributed by atoms with Crippen molar-refractivity contribution in [2.75, 3.05) is 6.61 Å². The molecule has 52 valence electrons. The summed E-state index contributed by atoms with van der Waals surface area (Å²) in [6, 6.07) is 0. The van der Waals surface area contributed by atoms with E-state index in [4.69, 9.17) is 0 Å². The number of esters is 1. The Bertz CT molecular complexity index is 131. The Morgan fingerprint density at radius 3 is 2.50 bits per heavy atom. The molecular formula is C6H9KO3. The molecule has 0 bridgehead atoms. The van der Waals surface area contributed by atoms with Gasteiger partial charge in [-0.15, -0.1) is 6.26 Å². The Morgan fingerprint density at radius 1 is 1.70 bits per heavy atom. The van der Waals surface area contributed by atoms with E-state index >= 15 is 0 Å². The molecule has 0 aliphatic carbocycles. The first-order valence-corrected chi connectivity index (χ1v) is 2.68. The van der Waals surface area contributed by atoms with Crippen LogP contribution in [-0.4, -0.2) is 12.6 Å². The van der Waals surface area contributed by atoms with Crippen molar-refractivity contribution in [2.45, 2.75) is 13.8 Å². The van der Waals surface area contributed by atoms with E-state index in [1.54, 1.807) is 6.92 Å². The van der Waals surface area contributed by atoms with Crippen molar-refractivity contribution in [3.05, 3.63) is 11.8 Å². The third kappa shape index (κ3) is 5.43. The molecule has 0 rings (SSSR count). The van der Waals surface area contributed by atoms with Crippen LogP contribution in [0.5, 0.6) is 0 Å². The van der Waals surface area contributed by atoms with Crippen molar-refractivity contribution in [3.8, 4) is 0 Å². The summed E-state index contributed by atoms with van der Waals surface area (Å²) in [4.78, 5) is 10.5. The van der Waals surface area contributed by atoms with Crippen LogP contribution in [0.3, 0.4) is 0 Å². The van der Waals surface area contributed by atoms with Gasteiger partial charge in [-0.05, 0) is 13.8 Å². The Kier molecular flexibility index (Phi) is 10.3. The maximum absolute atomic E-state index is 10.5. The van der Waals surface area contributed by atoms with Crippen molar-refractivity contribution in [3.63, 3.8) is 0 Å². The van der Waals surface area contributed by atoms with E-state index in [-0.39, 0.29) is 57.0 Å². The van der Waals surface area contributed by atoms with Gasteiger partial charge in [0.2, 0.25) is 0 Å². The average Bonchev–Trinajstić information content (AvgIpc) is 1.87. The molecule has 0 saturated carbocycles. The monoisotopic (exact) mass is 168 g/mol. The van der Waals surface area contributed by atoms with Crippen molar-refractivity contribution in [1.82, 2.24) is 0 Å². The van der Waals surface area contributed by atoms with E-state index in [2.05, 4.69) is 4.74 Å². The summed E-state index contributed by atoms with van der Waals surface area (Å²) < 4.78 is 4.49. The maximum Gasteiger partial charge on any atom is 1.00 e. The van der Waals surface area contributed by atoms with E-state index in [1.165, 1.54) is 6.92 Å². The van der Waals surface area contributed by atoms with Crippen LogP contribution in [0.1, 0.15) is 13.8 Å². The van der Waals surface area contributed by atoms with Crippen molar-refractivity contribution in [1.29, 1.82) is 0 Å². The molecule has 0 atom stereocenters. The van der Waals surface area contributed by atoms with Crippen LogP contribution in [0.4, 0.5) is 0 Å². The van der Waals surface area contributed by atoms with Gasteiger partial charge in [0.25, 0.3) is 0 Å². The molecule has 0 fully saturated rings. The summed E-state index contributed by atoms with van der Waals surface area (Å²) in [7, 11) is 0. The number of ether oxygens (including phenoxy) is 1. The first-order valence-electron chi connectivity index (χ1n) is 2.68. The third-order valence-corrected chi connectivity index (χ3v) is 0.774. The molecular weight excluding hydrogens is 159 g/mol. The van der Waals surface area contributed by atoms with Crippen molar-refractivity contribution in [2.24, 2.45) is 0 Å². The number of carbonyl (C=O) groups excluding carboxylic acids is 1. The maximum atomic E-state index is 10.5. The summed E-state index contributed by atoms with van der Waals surface area (Å²) in [5, 5.41) is 9.88. The average molecular weight is 168 g/mol. The molecule has 10 heavy (non-hydrogen) atoms. The molecule has 0 saturated heterocycles. The van der Waals surface area contributed by atoms with Gasteiger partial charge in [0.15, 0.2) is 0 Å². The Balaban J connectivity index is 0. The normalized spacial score (nSPS) is 10.0. The number of carbonyl (C=O) groups is 1. The molecule has 3 nitrogen and oxygen atoms in total. The molecule has 0 radical (unpaired) electrons. The zero-order valence-corrected chi connectivity index (χ0v) is 9.63. The van der Waals surface area contributed by atoms with Crippen LogP contribution in [0.25, 0.3) is 0 Å². The van der Waals surface area contributed by atoms with Crippen LogP contribution in [0.15, 0.2) is 11.8 Å². The van der Waals surface area contributed by atoms with Gasteiger partial charge in [-0.25, -0.2) is 4.79 Å². The molecule has 4 heteroatoms. The number of hydrogen-bond donors (Lipinski definition) is 0. The number of rotatable bonds is 2. The van der Waals surface area contributed by atoms with Gasteiger partial charge in [-0.1, -0.05) is 0 Å². The standard InChI is InChI=1S/C6H10O3.K/c1-3-9-6(8)5(2)4-7;/h4,7H,3H2,1-2H3;/q;+1/p-1/b5-4+;. The Morgan fingerprint density at radius 2 is 2.20 bits per heavy atom. The SMILES string of the molecule is CCOC(=O)/C(C)=C/[O-].[K+]. The molecule has 0 heterocycles. The molecule has 0 aliphatic rings. The van der Waals surface area contributed by atoms with Crippen LogP contribution < -0.4 is 56.5 Å². The van der Waals surface area contributed by atoms with Gasteiger partial charge in [-0.2, -0.15) is 0 Å². The first kappa shape index (κ1) is 13.3. The van der Waals surface area contributed by atoms with Crippen LogP contribution in [-0.2, 0) is 9.53 Å². The van der Waals surface area contributed by atoms with Crippen LogP contribution >= 0.6 is 0 Å². The van der Waals surface area contributed by atoms with E-state index < -0.39 is 5.97 Å². The molecule has 0 aromatic rings. The van der Waals surface area contributed by atoms with E-state index in [0.717, 1.165) is 0 Å². The minimum atomic E-state index is -0.535. The Hall–Kier alpha value is 0.646. The van der Waals surface area contributed by atoms with E-state index in [1.807, 2.05) is 0 Å². The van der Waals surface area contributed by atoms with E-state index in [9.17, 15) is 9.90 Å². The zero-order valence-electron chi connectivity index (χ0n) is 6.51. The molecule has 0 amide bonds. The predicted octanol–water partition coefficient (Wildman–Crippen LogP) is -3.18. The van der Waals surface area contributed by atoms with Gasteiger partial charge < -0.3 is 9.84 Å². The summed E-state index contributed by atoms with van der Waals surface area (Å²) in [5.74, 6) is -0.535. The second-order valence-electron chi connectivity index (χ2n) is 1.52. The minimum absolute atomic E-state index is 0. The second kappa shape index (κ2) is 7.75. The fraction of sp³-hybridized carbons (Fsp3) is 0.500. The number of hydrogen-bond acceptors (Lipinski definition) is 3. The predicted molar refractivity (Wildman–Crippen MR) is 30.4 cm³/mol. The van der Waals surface area contributed by atoms with Crippen LogP contribution in [0, 0.1) is 0 Å². The second-order valence-corrected chi connectivity index (χ2v) is 1.52. The van der Waals surface area contributed by atoms with Gasteiger partial charge in [0.05, 0.1) is 6.61 Å². The van der Waals surface area contributed by atoms with Gasteiger partial charge >= 0.3 is 57.4 Å². The zero-order chi connectivity index (χ0) is 7.28. The van der Waals surface area contributed by atoms with Gasteiger partial charge in [0, 0.05) is 5.57 Å². The summed E-state index contributed by atoms with van der Waals surface area (Å²) >= 11 is 0. The minimum Gasteiger partial charge on any atom is -0.878 e. The van der Waals surface area contributed by atoms with Gasteiger partial charge in [0.1, 0.15) is 0 Å². The molecule has 0 N–H and O–H groups in total. The summed E-state index contributed by atoms with van der Waals surface area (Å²) in [5.41, 5.74) is 0.108. The molecule has 0 aromatic heterocycles. The van der Waals surface area contributed by atoms with E-state index in [0.29, 0.717) is 12.9 Å². The fourth-order valence-corrected chi connectivity index (χ4v) is 0.293. The molecule has 0 aromatic carbocycles. The topological polar surface area (TPSA) is 49.4 Å². The summed E-state index contributed by atoms with van der Waals surface area (Å²) in [6.45, 7) is 3.42. The molecule has 0 unspecified atom stereocenters. The van der Waals surface area contributed by atoms with Crippen molar-refractivity contribution >= 4 is 5.97 Å². The largest absolute Gasteiger partial charge is 1.00 e. The van der Waals surface area contributed by atoms with Crippen LogP contribution in [0.2, 0.25) is 0 Å².